The number of rotatable bonds is 5. The fourth-order valence-corrected chi connectivity index (χ4v) is 3.45. The molecular formula is C17H19N3S. The average Bonchev–Trinajstić information content (AvgIpc) is 3.15. The smallest absolute Gasteiger partial charge is 0.0866 e. The van der Waals surface area contributed by atoms with Gasteiger partial charge in [0.15, 0.2) is 0 Å². The molecule has 2 heterocycles. The first-order valence-corrected chi connectivity index (χ1v) is 8.06. The second-order valence-corrected chi connectivity index (χ2v) is 5.93. The van der Waals surface area contributed by atoms with Gasteiger partial charge in [-0.25, -0.2) is 4.68 Å². The largest absolute Gasteiger partial charge is 0.305 e. The third kappa shape index (κ3) is 2.91. The Kier molecular flexibility index (Phi) is 4.18. The molecule has 0 aliphatic carbocycles. The van der Waals surface area contributed by atoms with Gasteiger partial charge in [-0.2, -0.15) is 5.10 Å². The predicted octanol–water partition coefficient (Wildman–Crippen LogP) is 3.94. The minimum atomic E-state index is 0.167. The van der Waals surface area contributed by atoms with Gasteiger partial charge in [0.05, 0.1) is 17.4 Å². The van der Waals surface area contributed by atoms with Crippen LogP contribution >= 0.6 is 11.3 Å². The number of nitrogens with one attached hydrogen (secondary N) is 1. The van der Waals surface area contributed by atoms with Crippen LogP contribution in [0.5, 0.6) is 0 Å². The van der Waals surface area contributed by atoms with Crippen LogP contribution in [0.15, 0.2) is 54.0 Å². The van der Waals surface area contributed by atoms with Gasteiger partial charge in [0.1, 0.15) is 0 Å². The molecule has 1 aromatic carbocycles. The van der Waals surface area contributed by atoms with Gasteiger partial charge in [-0.15, -0.1) is 11.3 Å². The molecule has 0 saturated carbocycles. The molecule has 3 nitrogen and oxygen atoms in total. The molecule has 1 atom stereocenters. The number of thiophene rings is 1. The van der Waals surface area contributed by atoms with Crippen LogP contribution in [0.4, 0.5) is 0 Å². The van der Waals surface area contributed by atoms with E-state index in [2.05, 4.69) is 48.8 Å². The van der Waals surface area contributed by atoms with Gasteiger partial charge < -0.3 is 5.32 Å². The quantitative estimate of drug-likeness (QED) is 0.773. The lowest BCUT2D eigenvalue weighted by molar-refractivity contribution is 0.613. The summed E-state index contributed by atoms with van der Waals surface area (Å²) in [4.78, 5) is 1.34. The van der Waals surface area contributed by atoms with Crippen LogP contribution in [0, 0.1) is 6.92 Å². The monoisotopic (exact) mass is 297 g/mol. The molecule has 21 heavy (non-hydrogen) atoms. The van der Waals surface area contributed by atoms with E-state index < -0.39 is 0 Å². The SMILES string of the molecule is CCNC(c1ccn(-c2ccccc2)n1)c1sccc1C. The Bertz CT molecular complexity index is 700. The number of hydrogen-bond donors (Lipinski definition) is 1. The zero-order chi connectivity index (χ0) is 14.7. The lowest BCUT2D eigenvalue weighted by atomic mass is 10.1. The molecule has 3 aromatic rings. The molecule has 0 fully saturated rings. The van der Waals surface area contributed by atoms with E-state index in [4.69, 9.17) is 5.10 Å². The fraction of sp³-hybridized carbons (Fsp3) is 0.235. The van der Waals surface area contributed by atoms with Crippen molar-refractivity contribution in [2.24, 2.45) is 0 Å². The van der Waals surface area contributed by atoms with Crippen molar-refractivity contribution < 1.29 is 0 Å². The van der Waals surface area contributed by atoms with Crippen molar-refractivity contribution in [2.75, 3.05) is 6.54 Å². The molecule has 0 spiro atoms. The minimum absolute atomic E-state index is 0.167. The zero-order valence-electron chi connectivity index (χ0n) is 12.3. The number of para-hydroxylation sites is 1. The van der Waals surface area contributed by atoms with Crippen molar-refractivity contribution in [3.8, 4) is 5.69 Å². The van der Waals surface area contributed by atoms with Crippen LogP contribution in [0.3, 0.4) is 0 Å². The van der Waals surface area contributed by atoms with E-state index in [0.717, 1.165) is 17.9 Å². The molecule has 1 N–H and O–H groups in total. The highest BCUT2D eigenvalue weighted by Gasteiger charge is 2.19. The van der Waals surface area contributed by atoms with Crippen molar-refractivity contribution >= 4 is 11.3 Å². The molecule has 1 unspecified atom stereocenters. The summed E-state index contributed by atoms with van der Waals surface area (Å²) in [5.41, 5.74) is 3.47. The Balaban J connectivity index is 1.95. The molecule has 0 amide bonds. The molecular weight excluding hydrogens is 278 g/mol. The highest BCUT2D eigenvalue weighted by molar-refractivity contribution is 7.10. The van der Waals surface area contributed by atoms with Gasteiger partial charge in [0, 0.05) is 11.1 Å². The van der Waals surface area contributed by atoms with Crippen molar-refractivity contribution in [1.82, 2.24) is 15.1 Å². The number of aryl methyl sites for hydroxylation is 1. The molecule has 0 saturated heterocycles. The van der Waals surface area contributed by atoms with E-state index in [9.17, 15) is 0 Å². The highest BCUT2D eigenvalue weighted by atomic mass is 32.1. The Labute approximate surface area is 129 Å². The first kappa shape index (κ1) is 14.0. The molecule has 3 rings (SSSR count). The normalized spacial score (nSPS) is 12.5. The molecule has 2 aromatic heterocycles. The molecule has 108 valence electrons. The van der Waals surface area contributed by atoms with Gasteiger partial charge in [-0.05, 0) is 48.7 Å². The molecule has 0 radical (unpaired) electrons. The van der Waals surface area contributed by atoms with Gasteiger partial charge >= 0.3 is 0 Å². The Morgan fingerprint density at radius 2 is 2.00 bits per heavy atom. The number of benzene rings is 1. The van der Waals surface area contributed by atoms with Gasteiger partial charge in [-0.1, -0.05) is 25.1 Å². The predicted molar refractivity (Wildman–Crippen MR) is 88.1 cm³/mol. The third-order valence-electron chi connectivity index (χ3n) is 3.50. The van der Waals surface area contributed by atoms with Crippen molar-refractivity contribution in [3.05, 3.63) is 70.2 Å². The lowest BCUT2D eigenvalue weighted by Gasteiger charge is -2.15. The maximum absolute atomic E-state index is 4.76. The van der Waals surface area contributed by atoms with Crippen LogP contribution in [0.1, 0.15) is 29.1 Å². The summed E-state index contributed by atoms with van der Waals surface area (Å²) in [7, 11) is 0. The first-order chi connectivity index (χ1) is 10.3. The van der Waals surface area contributed by atoms with Crippen LogP contribution in [0.25, 0.3) is 5.69 Å². The van der Waals surface area contributed by atoms with Crippen LogP contribution in [0.2, 0.25) is 0 Å². The van der Waals surface area contributed by atoms with Crippen LogP contribution < -0.4 is 5.32 Å². The molecule has 0 aliphatic heterocycles. The lowest BCUT2D eigenvalue weighted by Crippen LogP contribution is -2.22. The molecule has 4 heteroatoms. The summed E-state index contributed by atoms with van der Waals surface area (Å²) in [5, 5.41) is 10.4. The molecule has 0 bridgehead atoms. The van der Waals surface area contributed by atoms with E-state index >= 15 is 0 Å². The Morgan fingerprint density at radius 3 is 2.67 bits per heavy atom. The summed E-state index contributed by atoms with van der Waals surface area (Å²) in [6.07, 6.45) is 2.03. The van der Waals surface area contributed by atoms with E-state index in [1.807, 2.05) is 29.1 Å². The summed E-state index contributed by atoms with van der Waals surface area (Å²) in [6.45, 7) is 5.20. The number of hydrogen-bond acceptors (Lipinski definition) is 3. The van der Waals surface area contributed by atoms with Gasteiger partial charge in [0.2, 0.25) is 0 Å². The zero-order valence-corrected chi connectivity index (χ0v) is 13.1. The van der Waals surface area contributed by atoms with Crippen molar-refractivity contribution in [3.63, 3.8) is 0 Å². The van der Waals surface area contributed by atoms with Gasteiger partial charge in [0.25, 0.3) is 0 Å². The Hall–Kier alpha value is -1.91. The highest BCUT2D eigenvalue weighted by Crippen LogP contribution is 2.28. The maximum atomic E-state index is 4.76. The maximum Gasteiger partial charge on any atom is 0.0866 e. The van der Waals surface area contributed by atoms with Crippen LogP contribution in [-0.2, 0) is 0 Å². The van der Waals surface area contributed by atoms with E-state index in [0.29, 0.717) is 0 Å². The summed E-state index contributed by atoms with van der Waals surface area (Å²) < 4.78 is 1.93. The number of aromatic nitrogens is 2. The number of nitrogens with zero attached hydrogens (tertiary/aromatic N) is 2. The summed E-state index contributed by atoms with van der Waals surface area (Å²) >= 11 is 1.79. The van der Waals surface area contributed by atoms with E-state index in [1.54, 1.807) is 11.3 Å². The average molecular weight is 297 g/mol. The van der Waals surface area contributed by atoms with Crippen molar-refractivity contribution in [2.45, 2.75) is 19.9 Å². The second kappa shape index (κ2) is 6.24. The van der Waals surface area contributed by atoms with Gasteiger partial charge in [-0.3, -0.25) is 0 Å². The second-order valence-electron chi connectivity index (χ2n) is 4.98. The van der Waals surface area contributed by atoms with Crippen molar-refractivity contribution in [1.29, 1.82) is 0 Å². The topological polar surface area (TPSA) is 29.9 Å². The Morgan fingerprint density at radius 1 is 1.19 bits per heavy atom. The fourth-order valence-electron chi connectivity index (χ4n) is 2.43. The van der Waals surface area contributed by atoms with Crippen LogP contribution in [-0.4, -0.2) is 16.3 Å². The minimum Gasteiger partial charge on any atom is -0.305 e. The molecule has 0 aliphatic rings. The van der Waals surface area contributed by atoms with E-state index in [-0.39, 0.29) is 6.04 Å². The standard InChI is InChI=1S/C17H19N3S/c1-3-18-16(17-13(2)10-12-21-17)15-9-11-20(19-15)14-7-5-4-6-8-14/h4-12,16,18H,3H2,1-2H3. The summed E-state index contributed by atoms with van der Waals surface area (Å²) in [6, 6.07) is 14.6. The third-order valence-corrected chi connectivity index (χ3v) is 4.58. The summed E-state index contributed by atoms with van der Waals surface area (Å²) in [5.74, 6) is 0. The first-order valence-electron chi connectivity index (χ1n) is 7.18. The van der Waals surface area contributed by atoms with E-state index in [1.165, 1.54) is 10.4 Å².